The highest BCUT2D eigenvalue weighted by Crippen LogP contribution is 2.24. The topological polar surface area (TPSA) is 79.3 Å². The van der Waals surface area contributed by atoms with Crippen LogP contribution in [0.3, 0.4) is 0 Å². The number of fused-ring (bicyclic) bond motifs is 1. The standard InChI is InChI=1S/C14H20N2O3S/c1-9(20(2)19)8-15-13-11(14(17)18)7-10-5-3-4-6-12(10)16-13/h7,9H,3-6,8H2,1-2H3,(H,15,16)(H,17,18). The van der Waals surface area contributed by atoms with E-state index in [0.717, 1.165) is 36.9 Å². The molecule has 1 aromatic rings. The van der Waals surface area contributed by atoms with Gasteiger partial charge in [-0.1, -0.05) is 0 Å². The molecule has 110 valence electrons. The highest BCUT2D eigenvalue weighted by Gasteiger charge is 2.19. The number of rotatable bonds is 5. The van der Waals surface area contributed by atoms with E-state index in [2.05, 4.69) is 10.3 Å². The van der Waals surface area contributed by atoms with Crippen molar-refractivity contribution in [3.05, 3.63) is 22.9 Å². The van der Waals surface area contributed by atoms with Crippen LogP contribution in [0.25, 0.3) is 0 Å². The van der Waals surface area contributed by atoms with E-state index in [0.29, 0.717) is 12.4 Å². The number of carboxylic acid groups (broad SMARTS) is 1. The lowest BCUT2D eigenvalue weighted by atomic mass is 9.94. The third kappa shape index (κ3) is 3.36. The zero-order valence-corrected chi connectivity index (χ0v) is 12.6. The Labute approximate surface area is 121 Å². The first-order chi connectivity index (χ1) is 9.49. The predicted molar refractivity (Wildman–Crippen MR) is 79.9 cm³/mol. The van der Waals surface area contributed by atoms with Gasteiger partial charge in [-0.3, -0.25) is 4.21 Å². The van der Waals surface area contributed by atoms with Crippen molar-refractivity contribution in [1.29, 1.82) is 0 Å². The molecule has 5 nitrogen and oxygen atoms in total. The summed E-state index contributed by atoms with van der Waals surface area (Å²) in [6, 6.07) is 1.74. The molecule has 0 bridgehead atoms. The maximum absolute atomic E-state index is 11.4. The minimum Gasteiger partial charge on any atom is -0.478 e. The number of aryl methyl sites for hydroxylation is 2. The summed E-state index contributed by atoms with van der Waals surface area (Å²) in [6.45, 7) is 2.32. The number of carboxylic acids is 1. The molecular formula is C14H20N2O3S. The van der Waals surface area contributed by atoms with Gasteiger partial charge in [-0.25, -0.2) is 9.78 Å². The van der Waals surface area contributed by atoms with Crippen LogP contribution in [-0.4, -0.2) is 38.3 Å². The second-order valence-corrected chi connectivity index (χ2v) is 6.99. The molecule has 2 N–H and O–H groups in total. The monoisotopic (exact) mass is 296 g/mol. The summed E-state index contributed by atoms with van der Waals surface area (Å²) in [6.07, 6.45) is 5.63. The molecule has 0 aliphatic heterocycles. The Bertz CT molecular complexity index is 545. The number of nitrogens with zero attached hydrogens (tertiary/aromatic N) is 1. The van der Waals surface area contributed by atoms with E-state index >= 15 is 0 Å². The lowest BCUT2D eigenvalue weighted by Crippen LogP contribution is -2.23. The van der Waals surface area contributed by atoms with Crippen molar-refractivity contribution in [2.75, 3.05) is 18.1 Å². The van der Waals surface area contributed by atoms with Gasteiger partial charge in [-0.15, -0.1) is 0 Å². The van der Waals surface area contributed by atoms with Crippen LogP contribution in [0.1, 0.15) is 41.4 Å². The van der Waals surface area contributed by atoms with Crippen molar-refractivity contribution in [3.8, 4) is 0 Å². The predicted octanol–water partition coefficient (Wildman–Crippen LogP) is 1.84. The zero-order valence-electron chi connectivity index (χ0n) is 11.8. The molecule has 1 heterocycles. The molecule has 1 aromatic heterocycles. The number of hydrogen-bond donors (Lipinski definition) is 2. The van der Waals surface area contributed by atoms with Crippen LogP contribution in [0.4, 0.5) is 5.82 Å². The Morgan fingerprint density at radius 1 is 1.50 bits per heavy atom. The van der Waals surface area contributed by atoms with Crippen molar-refractivity contribution in [1.82, 2.24) is 4.98 Å². The fraction of sp³-hybridized carbons (Fsp3) is 0.571. The fourth-order valence-corrected chi connectivity index (χ4v) is 2.61. The average Bonchev–Trinajstić information content (AvgIpc) is 2.43. The van der Waals surface area contributed by atoms with Gasteiger partial charge < -0.3 is 10.4 Å². The normalized spacial score (nSPS) is 17.1. The Morgan fingerprint density at radius 2 is 2.20 bits per heavy atom. The van der Waals surface area contributed by atoms with Crippen LogP contribution in [0.5, 0.6) is 0 Å². The third-order valence-electron chi connectivity index (χ3n) is 3.65. The van der Waals surface area contributed by atoms with Crippen LogP contribution in [0.15, 0.2) is 6.07 Å². The molecule has 6 heteroatoms. The van der Waals surface area contributed by atoms with Crippen LogP contribution in [-0.2, 0) is 23.6 Å². The first-order valence-electron chi connectivity index (χ1n) is 6.81. The Hall–Kier alpha value is -1.43. The van der Waals surface area contributed by atoms with Gasteiger partial charge in [-0.2, -0.15) is 0 Å². The number of anilines is 1. The molecule has 20 heavy (non-hydrogen) atoms. The van der Waals surface area contributed by atoms with Gasteiger partial charge in [0.2, 0.25) is 0 Å². The summed E-state index contributed by atoms with van der Waals surface area (Å²) in [7, 11) is -0.941. The number of aromatic carboxylic acids is 1. The highest BCUT2D eigenvalue weighted by molar-refractivity contribution is 7.84. The van der Waals surface area contributed by atoms with E-state index in [-0.39, 0.29) is 10.8 Å². The SMILES string of the molecule is CC(CNc1nc2c(cc1C(=O)O)CCCC2)S(C)=O. The molecule has 0 fully saturated rings. The molecule has 0 amide bonds. The van der Waals surface area contributed by atoms with E-state index in [4.69, 9.17) is 0 Å². The zero-order chi connectivity index (χ0) is 14.7. The molecular weight excluding hydrogens is 276 g/mol. The maximum atomic E-state index is 11.4. The second kappa shape index (κ2) is 6.35. The molecule has 2 atom stereocenters. The third-order valence-corrected chi connectivity index (χ3v) is 4.95. The van der Waals surface area contributed by atoms with Gasteiger partial charge in [0.15, 0.2) is 0 Å². The highest BCUT2D eigenvalue weighted by atomic mass is 32.2. The summed E-state index contributed by atoms with van der Waals surface area (Å²) in [5, 5.41) is 12.3. The molecule has 0 radical (unpaired) electrons. The quantitative estimate of drug-likeness (QED) is 0.866. The molecule has 0 saturated heterocycles. The van der Waals surface area contributed by atoms with Crippen LogP contribution in [0.2, 0.25) is 0 Å². The van der Waals surface area contributed by atoms with E-state index in [1.165, 1.54) is 0 Å². The minimum absolute atomic E-state index is 0.0468. The van der Waals surface area contributed by atoms with Crippen molar-refractivity contribution in [2.24, 2.45) is 0 Å². The Kier molecular flexibility index (Phi) is 4.75. The summed E-state index contributed by atoms with van der Waals surface area (Å²) in [5.74, 6) is -0.575. The molecule has 2 unspecified atom stereocenters. The van der Waals surface area contributed by atoms with Crippen molar-refractivity contribution in [2.45, 2.75) is 37.9 Å². The number of nitrogens with one attached hydrogen (secondary N) is 1. The van der Waals surface area contributed by atoms with E-state index < -0.39 is 16.8 Å². The van der Waals surface area contributed by atoms with E-state index in [1.807, 2.05) is 6.92 Å². The van der Waals surface area contributed by atoms with E-state index in [1.54, 1.807) is 12.3 Å². The van der Waals surface area contributed by atoms with Gasteiger partial charge in [0.05, 0.1) is 0 Å². The molecule has 1 aliphatic rings. The van der Waals surface area contributed by atoms with Gasteiger partial charge >= 0.3 is 5.97 Å². The van der Waals surface area contributed by atoms with Crippen molar-refractivity contribution >= 4 is 22.6 Å². The number of hydrogen-bond acceptors (Lipinski definition) is 4. The molecule has 1 aliphatic carbocycles. The lowest BCUT2D eigenvalue weighted by Gasteiger charge is -2.19. The van der Waals surface area contributed by atoms with E-state index in [9.17, 15) is 14.1 Å². The average molecular weight is 296 g/mol. The first kappa shape index (κ1) is 15.0. The molecule has 0 spiro atoms. The molecule has 0 saturated carbocycles. The summed E-state index contributed by atoms with van der Waals surface area (Å²) in [4.78, 5) is 15.8. The Balaban J connectivity index is 2.25. The summed E-state index contributed by atoms with van der Waals surface area (Å²) in [5.41, 5.74) is 2.25. The molecule has 0 aromatic carbocycles. The summed E-state index contributed by atoms with van der Waals surface area (Å²) >= 11 is 0. The molecule has 2 rings (SSSR count). The largest absolute Gasteiger partial charge is 0.478 e. The van der Waals surface area contributed by atoms with Crippen molar-refractivity contribution < 1.29 is 14.1 Å². The van der Waals surface area contributed by atoms with Gasteiger partial charge in [-0.05, 0) is 44.2 Å². The lowest BCUT2D eigenvalue weighted by molar-refractivity contribution is 0.0697. The van der Waals surface area contributed by atoms with Gasteiger partial charge in [0, 0.05) is 34.5 Å². The van der Waals surface area contributed by atoms with Crippen LogP contribution < -0.4 is 5.32 Å². The van der Waals surface area contributed by atoms with Crippen LogP contribution >= 0.6 is 0 Å². The Morgan fingerprint density at radius 3 is 2.85 bits per heavy atom. The maximum Gasteiger partial charge on any atom is 0.339 e. The minimum atomic E-state index is -0.973. The van der Waals surface area contributed by atoms with Gasteiger partial charge in [0.25, 0.3) is 0 Å². The first-order valence-corrected chi connectivity index (χ1v) is 8.43. The fourth-order valence-electron chi connectivity index (χ4n) is 2.29. The second-order valence-electron chi connectivity index (χ2n) is 5.19. The smallest absolute Gasteiger partial charge is 0.339 e. The van der Waals surface area contributed by atoms with Crippen molar-refractivity contribution in [3.63, 3.8) is 0 Å². The number of carbonyl (C=O) groups is 1. The van der Waals surface area contributed by atoms with Gasteiger partial charge in [0.1, 0.15) is 11.4 Å². The summed E-state index contributed by atoms with van der Waals surface area (Å²) < 4.78 is 11.4. The van der Waals surface area contributed by atoms with Crippen LogP contribution in [0, 0.1) is 0 Å². The number of aromatic nitrogens is 1. The number of pyridine rings is 1.